The second kappa shape index (κ2) is 4.29. The van der Waals surface area contributed by atoms with Crippen molar-refractivity contribution in [3.63, 3.8) is 0 Å². The fourth-order valence-electron chi connectivity index (χ4n) is 1.03. The second-order valence-corrected chi connectivity index (χ2v) is 2.22. The first-order chi connectivity index (χ1) is 5.97. The predicted molar refractivity (Wildman–Crippen MR) is 53.0 cm³/mol. The molecule has 1 heteroatoms. The van der Waals surface area contributed by atoms with Gasteiger partial charge in [0.25, 0.3) is 0 Å². The first kappa shape index (κ1) is 8.47. The number of pyridine rings is 1. The maximum absolute atomic E-state index is 4.01. The van der Waals surface area contributed by atoms with Gasteiger partial charge in [0.2, 0.25) is 0 Å². The number of hydrogen-bond donors (Lipinski definition) is 0. The quantitative estimate of drug-likeness (QED) is 0.535. The minimum Gasteiger partial charge on any atom is -0.264 e. The third kappa shape index (κ3) is 1.70. The SMILES string of the molecule is C=C.c1ccc2cnccc2c1. The van der Waals surface area contributed by atoms with Gasteiger partial charge in [-0.15, -0.1) is 13.2 Å². The zero-order valence-corrected chi connectivity index (χ0v) is 6.90. The van der Waals surface area contributed by atoms with E-state index in [0.29, 0.717) is 0 Å². The Morgan fingerprint density at radius 1 is 0.917 bits per heavy atom. The van der Waals surface area contributed by atoms with Crippen molar-refractivity contribution < 1.29 is 0 Å². The highest BCUT2D eigenvalue weighted by atomic mass is 14.6. The molecule has 2 aromatic rings. The Bertz CT molecular complexity index is 289. The molecule has 0 unspecified atom stereocenters. The molecule has 2 rings (SSSR count). The summed E-state index contributed by atoms with van der Waals surface area (Å²) in [6.07, 6.45) is 3.68. The summed E-state index contributed by atoms with van der Waals surface area (Å²) >= 11 is 0. The van der Waals surface area contributed by atoms with Crippen molar-refractivity contribution in [2.24, 2.45) is 0 Å². The van der Waals surface area contributed by atoms with E-state index < -0.39 is 0 Å². The Morgan fingerprint density at radius 3 is 2.25 bits per heavy atom. The van der Waals surface area contributed by atoms with Crippen LogP contribution in [-0.2, 0) is 0 Å². The smallest absolute Gasteiger partial charge is 0.0346 e. The Balaban J connectivity index is 0.000000336. The van der Waals surface area contributed by atoms with Gasteiger partial charge in [0.05, 0.1) is 0 Å². The summed E-state index contributed by atoms with van der Waals surface area (Å²) in [5, 5.41) is 2.45. The molecule has 0 spiro atoms. The summed E-state index contributed by atoms with van der Waals surface area (Å²) in [5.41, 5.74) is 0. The van der Waals surface area contributed by atoms with E-state index in [2.05, 4.69) is 30.3 Å². The fraction of sp³-hybridized carbons (Fsp3) is 0. The Hall–Kier alpha value is -1.63. The largest absolute Gasteiger partial charge is 0.264 e. The second-order valence-electron chi connectivity index (χ2n) is 2.22. The maximum atomic E-state index is 4.01. The third-order valence-corrected chi connectivity index (χ3v) is 1.55. The molecule has 0 fully saturated rings. The lowest BCUT2D eigenvalue weighted by Crippen LogP contribution is -1.71. The Kier molecular flexibility index (Phi) is 3.03. The third-order valence-electron chi connectivity index (χ3n) is 1.55. The molecule has 0 radical (unpaired) electrons. The number of nitrogens with zero attached hydrogens (tertiary/aromatic N) is 1. The van der Waals surface area contributed by atoms with Gasteiger partial charge in [-0.2, -0.15) is 0 Å². The van der Waals surface area contributed by atoms with Crippen LogP contribution in [0.5, 0.6) is 0 Å². The van der Waals surface area contributed by atoms with Crippen LogP contribution in [0.15, 0.2) is 55.9 Å². The molecule has 0 aliphatic heterocycles. The van der Waals surface area contributed by atoms with Gasteiger partial charge in [-0.25, -0.2) is 0 Å². The molecule has 1 aromatic carbocycles. The van der Waals surface area contributed by atoms with Crippen LogP contribution in [0.25, 0.3) is 10.8 Å². The topological polar surface area (TPSA) is 12.9 Å². The number of hydrogen-bond acceptors (Lipinski definition) is 1. The van der Waals surface area contributed by atoms with Gasteiger partial charge in [-0.3, -0.25) is 4.98 Å². The van der Waals surface area contributed by atoms with Crippen LogP contribution in [0.2, 0.25) is 0 Å². The lowest BCUT2D eigenvalue weighted by molar-refractivity contribution is 1.36. The first-order valence-electron chi connectivity index (χ1n) is 3.75. The highest BCUT2D eigenvalue weighted by Gasteiger charge is 1.86. The molecular weight excluding hydrogens is 146 g/mol. The molecule has 0 aliphatic carbocycles. The van der Waals surface area contributed by atoms with Gasteiger partial charge < -0.3 is 0 Å². The molecular formula is C11H11N. The summed E-state index contributed by atoms with van der Waals surface area (Å²) < 4.78 is 0. The average molecular weight is 157 g/mol. The average Bonchev–Trinajstić information content (AvgIpc) is 2.21. The van der Waals surface area contributed by atoms with Crippen LogP contribution in [-0.4, -0.2) is 4.98 Å². The van der Waals surface area contributed by atoms with E-state index in [1.807, 2.05) is 30.6 Å². The van der Waals surface area contributed by atoms with E-state index in [9.17, 15) is 0 Å². The van der Waals surface area contributed by atoms with E-state index in [4.69, 9.17) is 0 Å². The van der Waals surface area contributed by atoms with Gasteiger partial charge in [-0.1, -0.05) is 24.3 Å². The van der Waals surface area contributed by atoms with Crippen molar-refractivity contribution in [3.8, 4) is 0 Å². The molecule has 0 atom stereocenters. The van der Waals surface area contributed by atoms with Crippen molar-refractivity contribution in [1.82, 2.24) is 4.98 Å². The van der Waals surface area contributed by atoms with E-state index in [0.717, 1.165) is 0 Å². The minimum atomic E-state index is 1.20. The van der Waals surface area contributed by atoms with E-state index in [1.165, 1.54) is 10.8 Å². The zero-order chi connectivity index (χ0) is 8.81. The highest BCUT2D eigenvalue weighted by molar-refractivity contribution is 5.80. The lowest BCUT2D eigenvalue weighted by atomic mass is 10.2. The summed E-state index contributed by atoms with van der Waals surface area (Å²) in [6, 6.07) is 10.2. The van der Waals surface area contributed by atoms with Gasteiger partial charge in [-0.05, 0) is 16.8 Å². The minimum absolute atomic E-state index is 1.20. The van der Waals surface area contributed by atoms with Crippen LogP contribution in [0.4, 0.5) is 0 Å². The van der Waals surface area contributed by atoms with E-state index in [-0.39, 0.29) is 0 Å². The number of rotatable bonds is 0. The van der Waals surface area contributed by atoms with Crippen molar-refractivity contribution >= 4 is 10.8 Å². The van der Waals surface area contributed by atoms with E-state index in [1.54, 1.807) is 0 Å². The molecule has 1 aromatic heterocycles. The molecule has 0 bridgehead atoms. The number of aromatic nitrogens is 1. The van der Waals surface area contributed by atoms with Gasteiger partial charge in [0.1, 0.15) is 0 Å². The Morgan fingerprint density at radius 2 is 1.58 bits per heavy atom. The number of benzene rings is 1. The Labute approximate surface area is 72.4 Å². The van der Waals surface area contributed by atoms with Crippen molar-refractivity contribution in [2.45, 2.75) is 0 Å². The van der Waals surface area contributed by atoms with Gasteiger partial charge in [0.15, 0.2) is 0 Å². The molecule has 12 heavy (non-hydrogen) atoms. The van der Waals surface area contributed by atoms with Crippen LogP contribution < -0.4 is 0 Å². The molecule has 0 aliphatic rings. The highest BCUT2D eigenvalue weighted by Crippen LogP contribution is 2.09. The molecule has 1 heterocycles. The lowest BCUT2D eigenvalue weighted by Gasteiger charge is -1.91. The van der Waals surface area contributed by atoms with Gasteiger partial charge >= 0.3 is 0 Å². The van der Waals surface area contributed by atoms with Crippen molar-refractivity contribution in [1.29, 1.82) is 0 Å². The fourth-order valence-corrected chi connectivity index (χ4v) is 1.03. The monoisotopic (exact) mass is 157 g/mol. The zero-order valence-electron chi connectivity index (χ0n) is 6.90. The number of fused-ring (bicyclic) bond motifs is 1. The summed E-state index contributed by atoms with van der Waals surface area (Å²) in [6.45, 7) is 6.00. The van der Waals surface area contributed by atoms with Crippen molar-refractivity contribution in [2.75, 3.05) is 0 Å². The predicted octanol–water partition coefficient (Wildman–Crippen LogP) is 3.04. The molecule has 60 valence electrons. The van der Waals surface area contributed by atoms with Gasteiger partial charge in [0, 0.05) is 12.4 Å². The van der Waals surface area contributed by atoms with Crippen LogP contribution >= 0.6 is 0 Å². The summed E-state index contributed by atoms with van der Waals surface area (Å²) in [4.78, 5) is 4.01. The molecule has 0 N–H and O–H groups in total. The molecule has 1 nitrogen and oxygen atoms in total. The summed E-state index contributed by atoms with van der Waals surface area (Å²) in [5.74, 6) is 0. The normalized spacial score (nSPS) is 8.67. The van der Waals surface area contributed by atoms with Crippen LogP contribution in [0.3, 0.4) is 0 Å². The first-order valence-corrected chi connectivity index (χ1v) is 3.75. The van der Waals surface area contributed by atoms with Crippen molar-refractivity contribution in [3.05, 3.63) is 55.9 Å². The summed E-state index contributed by atoms with van der Waals surface area (Å²) in [7, 11) is 0. The molecule has 0 saturated carbocycles. The van der Waals surface area contributed by atoms with E-state index >= 15 is 0 Å². The van der Waals surface area contributed by atoms with Crippen LogP contribution in [0.1, 0.15) is 0 Å². The van der Waals surface area contributed by atoms with Crippen LogP contribution in [0, 0.1) is 0 Å². The molecule has 0 saturated heterocycles. The molecule has 0 amide bonds. The maximum Gasteiger partial charge on any atom is 0.0346 e. The standard InChI is InChI=1S/C9H7N.C2H4/c1-2-4-9-7-10-6-5-8(9)3-1;1-2/h1-7H;1-2H2.